The number of anilines is 1. The van der Waals surface area contributed by atoms with E-state index in [2.05, 4.69) is 0 Å². The van der Waals surface area contributed by atoms with Gasteiger partial charge in [-0.15, -0.1) is 0 Å². The molecule has 0 spiro atoms. The molecule has 162 valence electrons. The third-order valence-electron chi connectivity index (χ3n) is 5.44. The molecule has 10 heteroatoms. The van der Waals surface area contributed by atoms with Crippen molar-refractivity contribution in [3.63, 3.8) is 0 Å². The molecule has 2 atom stereocenters. The summed E-state index contributed by atoms with van der Waals surface area (Å²) in [6.45, 7) is 1.15. The second kappa shape index (κ2) is 8.16. The van der Waals surface area contributed by atoms with Gasteiger partial charge in [0.25, 0.3) is 0 Å². The number of aliphatic hydroxyl groups is 2. The Labute approximate surface area is 163 Å². The molecule has 0 aliphatic carbocycles. The van der Waals surface area contributed by atoms with Crippen LogP contribution < -0.4 is 5.32 Å². The number of hydrogen-bond donors (Lipinski definition) is 3. The molecule has 1 saturated heterocycles. The molecule has 0 aromatic heterocycles. The smallest absolute Gasteiger partial charge is 0.396 e. The molecule has 0 amide bonds. The van der Waals surface area contributed by atoms with Crippen LogP contribution in [0.15, 0.2) is 24.3 Å². The Bertz CT molecular complexity index is 754. The van der Waals surface area contributed by atoms with E-state index in [0.717, 1.165) is 12.1 Å². The van der Waals surface area contributed by atoms with Gasteiger partial charge < -0.3 is 20.4 Å². The van der Waals surface area contributed by atoms with Crippen molar-refractivity contribution >= 4 is 11.3 Å². The van der Waals surface area contributed by atoms with Crippen LogP contribution in [0.3, 0.4) is 0 Å². The fraction of sp³-hybridized carbons (Fsp3) is 0.579. The molecule has 2 heterocycles. The maximum atomic E-state index is 13.3. The predicted molar refractivity (Wildman–Crippen MR) is 95.1 cm³/mol. The van der Waals surface area contributed by atoms with E-state index in [0.29, 0.717) is 32.0 Å². The van der Waals surface area contributed by atoms with Crippen molar-refractivity contribution in [2.24, 2.45) is 5.92 Å². The van der Waals surface area contributed by atoms with Gasteiger partial charge in [0.1, 0.15) is 6.04 Å². The lowest BCUT2D eigenvalue weighted by molar-refractivity contribution is -0.139. The standard InChI is InChI=1S/C19H22F6N2O2/c20-18(21,22)14-3-1-2-12-13(8-16(19(23,24)25)26-17(12)14)15(29)9-27-6-4-11(10-28)5-7-27/h1-3,8,11,15-16,26,28-29H,4-7,9-10H2. The normalized spacial score (nSPS) is 22.6. The molecule has 0 radical (unpaired) electrons. The van der Waals surface area contributed by atoms with E-state index in [1.807, 2.05) is 10.2 Å². The topological polar surface area (TPSA) is 55.7 Å². The van der Waals surface area contributed by atoms with Crippen molar-refractivity contribution in [3.8, 4) is 0 Å². The van der Waals surface area contributed by atoms with Gasteiger partial charge in [-0.25, -0.2) is 0 Å². The van der Waals surface area contributed by atoms with Crippen molar-refractivity contribution in [3.05, 3.63) is 35.4 Å². The lowest BCUT2D eigenvalue weighted by Crippen LogP contribution is -2.42. The largest absolute Gasteiger partial charge is 0.418 e. The number of para-hydroxylation sites is 1. The number of nitrogens with zero attached hydrogens (tertiary/aromatic N) is 1. The van der Waals surface area contributed by atoms with Gasteiger partial charge in [0.05, 0.1) is 17.4 Å². The number of halogens is 6. The minimum absolute atomic E-state index is 0.00421. The quantitative estimate of drug-likeness (QED) is 0.648. The molecule has 29 heavy (non-hydrogen) atoms. The first-order valence-electron chi connectivity index (χ1n) is 9.27. The second-order valence-electron chi connectivity index (χ2n) is 7.45. The van der Waals surface area contributed by atoms with E-state index in [1.165, 1.54) is 6.07 Å². The van der Waals surface area contributed by atoms with E-state index in [1.54, 1.807) is 0 Å². The minimum Gasteiger partial charge on any atom is -0.396 e. The monoisotopic (exact) mass is 424 g/mol. The summed E-state index contributed by atoms with van der Waals surface area (Å²) in [5.41, 5.74) is -2.13. The first-order chi connectivity index (χ1) is 13.5. The lowest BCUT2D eigenvalue weighted by atomic mass is 9.89. The van der Waals surface area contributed by atoms with E-state index in [-0.39, 0.29) is 30.2 Å². The number of β-amino-alcohol motifs (C(OH)–C–C–N with tert-alkyl or cyclic N) is 1. The Morgan fingerprint density at radius 2 is 1.76 bits per heavy atom. The summed E-state index contributed by atoms with van der Waals surface area (Å²) in [6.07, 6.45) is -8.91. The molecule has 2 aliphatic heterocycles. The molecular weight excluding hydrogens is 402 g/mol. The fourth-order valence-corrected chi connectivity index (χ4v) is 3.81. The van der Waals surface area contributed by atoms with Gasteiger partial charge in [0, 0.05) is 18.7 Å². The molecule has 2 aliphatic rings. The Kier molecular flexibility index (Phi) is 6.16. The van der Waals surface area contributed by atoms with Crippen molar-refractivity contribution in [1.29, 1.82) is 0 Å². The summed E-state index contributed by atoms with van der Waals surface area (Å²) < 4.78 is 80.0. The molecule has 0 saturated carbocycles. The first kappa shape index (κ1) is 21.9. The van der Waals surface area contributed by atoms with Gasteiger partial charge in [-0.3, -0.25) is 0 Å². The highest BCUT2D eigenvalue weighted by molar-refractivity contribution is 5.84. The van der Waals surface area contributed by atoms with Crippen LogP contribution in [0, 0.1) is 5.92 Å². The number of alkyl halides is 6. The van der Waals surface area contributed by atoms with E-state index >= 15 is 0 Å². The molecular formula is C19H22F6N2O2. The zero-order valence-corrected chi connectivity index (χ0v) is 15.4. The van der Waals surface area contributed by atoms with Crippen LogP contribution in [0.5, 0.6) is 0 Å². The number of fused-ring (bicyclic) bond motifs is 1. The fourth-order valence-electron chi connectivity index (χ4n) is 3.81. The summed E-state index contributed by atoms with van der Waals surface area (Å²) in [5, 5.41) is 21.8. The number of likely N-dealkylation sites (tertiary alicyclic amines) is 1. The van der Waals surface area contributed by atoms with Crippen molar-refractivity contribution in [2.75, 3.05) is 31.6 Å². The number of rotatable bonds is 4. The third kappa shape index (κ3) is 4.87. The SMILES string of the molecule is OCC1CCN(CC(O)C2=CC(C(F)(F)F)Nc3c2cccc3C(F)(F)F)CC1. The average Bonchev–Trinajstić information content (AvgIpc) is 2.65. The Morgan fingerprint density at radius 1 is 1.10 bits per heavy atom. The van der Waals surface area contributed by atoms with Crippen LogP contribution in [-0.4, -0.2) is 59.7 Å². The second-order valence-corrected chi connectivity index (χ2v) is 7.45. The highest BCUT2D eigenvalue weighted by atomic mass is 19.4. The van der Waals surface area contributed by atoms with Gasteiger partial charge in [-0.05, 0) is 49.6 Å². The molecule has 2 unspecified atom stereocenters. The molecule has 3 rings (SSSR count). The Hall–Kier alpha value is -1.78. The van der Waals surface area contributed by atoms with Crippen molar-refractivity contribution < 1.29 is 36.6 Å². The van der Waals surface area contributed by atoms with Gasteiger partial charge in [0.2, 0.25) is 0 Å². The average molecular weight is 424 g/mol. The van der Waals surface area contributed by atoms with Crippen molar-refractivity contribution in [1.82, 2.24) is 4.90 Å². The zero-order valence-electron chi connectivity index (χ0n) is 15.4. The summed E-state index contributed by atoms with van der Waals surface area (Å²) in [7, 11) is 0. The minimum atomic E-state index is -4.84. The Morgan fingerprint density at radius 3 is 2.31 bits per heavy atom. The Balaban J connectivity index is 1.91. The first-order valence-corrected chi connectivity index (χ1v) is 9.27. The molecule has 0 bridgehead atoms. The number of benzene rings is 1. The van der Waals surface area contributed by atoms with Crippen LogP contribution in [0.1, 0.15) is 24.0 Å². The van der Waals surface area contributed by atoms with Gasteiger partial charge in [-0.1, -0.05) is 12.1 Å². The number of hydrogen-bond acceptors (Lipinski definition) is 4. The summed E-state index contributed by atoms with van der Waals surface area (Å²) in [4.78, 5) is 1.84. The summed E-state index contributed by atoms with van der Waals surface area (Å²) >= 11 is 0. The van der Waals surface area contributed by atoms with Crippen LogP contribution >= 0.6 is 0 Å². The predicted octanol–water partition coefficient (Wildman–Crippen LogP) is 3.51. The highest BCUT2D eigenvalue weighted by Gasteiger charge is 2.44. The van der Waals surface area contributed by atoms with Gasteiger partial charge >= 0.3 is 12.4 Å². The molecule has 1 aromatic carbocycles. The summed E-state index contributed by atoms with van der Waals surface area (Å²) in [6, 6.07) is 0.777. The molecule has 1 fully saturated rings. The molecule has 1 aromatic rings. The highest BCUT2D eigenvalue weighted by Crippen LogP contribution is 2.44. The van der Waals surface area contributed by atoms with E-state index in [9.17, 15) is 36.6 Å². The number of aliphatic hydroxyl groups excluding tert-OH is 2. The lowest BCUT2D eigenvalue weighted by Gasteiger charge is -2.35. The van der Waals surface area contributed by atoms with E-state index in [4.69, 9.17) is 0 Å². The van der Waals surface area contributed by atoms with Crippen LogP contribution in [0.2, 0.25) is 0 Å². The van der Waals surface area contributed by atoms with Crippen molar-refractivity contribution in [2.45, 2.75) is 37.3 Å². The molecule has 3 N–H and O–H groups in total. The van der Waals surface area contributed by atoms with Crippen LogP contribution in [0.4, 0.5) is 32.0 Å². The van der Waals surface area contributed by atoms with Gasteiger partial charge in [-0.2, -0.15) is 26.3 Å². The summed E-state index contributed by atoms with van der Waals surface area (Å²) in [5.74, 6) is 0.145. The van der Waals surface area contributed by atoms with E-state index < -0.39 is 35.7 Å². The number of nitrogens with one attached hydrogen (secondary N) is 1. The zero-order chi connectivity index (χ0) is 21.4. The van der Waals surface area contributed by atoms with Gasteiger partial charge in [0.15, 0.2) is 0 Å². The maximum absolute atomic E-state index is 13.3. The maximum Gasteiger partial charge on any atom is 0.418 e. The van der Waals surface area contributed by atoms with Crippen LogP contribution in [0.25, 0.3) is 5.57 Å². The third-order valence-corrected chi connectivity index (χ3v) is 5.44. The van der Waals surface area contributed by atoms with Crippen LogP contribution in [-0.2, 0) is 6.18 Å². The molecule has 4 nitrogen and oxygen atoms in total. The number of piperidine rings is 1.